The first kappa shape index (κ1) is 19.3. The molecule has 0 radical (unpaired) electrons. The molecule has 3 N–H and O–H groups in total. The van der Waals surface area contributed by atoms with Gasteiger partial charge in [-0.25, -0.2) is 4.39 Å². The second kappa shape index (κ2) is 7.53. The second-order valence-corrected chi connectivity index (χ2v) is 8.14. The molecule has 3 heterocycles. The molecule has 0 spiro atoms. The van der Waals surface area contributed by atoms with Crippen LogP contribution in [0, 0.1) is 24.1 Å². The predicted molar refractivity (Wildman–Crippen MR) is 121 cm³/mol. The van der Waals surface area contributed by atoms with Crippen molar-refractivity contribution in [2.45, 2.75) is 19.4 Å². The third-order valence-corrected chi connectivity index (χ3v) is 5.97. The lowest BCUT2D eigenvalue weighted by Gasteiger charge is -2.25. The van der Waals surface area contributed by atoms with Gasteiger partial charge in [0.2, 0.25) is 0 Å². The molecule has 1 fully saturated rings. The quantitative estimate of drug-likeness (QED) is 0.510. The van der Waals surface area contributed by atoms with Crippen LogP contribution in [0.25, 0.3) is 33.3 Å². The van der Waals surface area contributed by atoms with Gasteiger partial charge in [0.25, 0.3) is 0 Å². The normalized spacial score (nSPS) is 16.1. The predicted octanol–water partition coefficient (Wildman–Crippen LogP) is 4.75. The highest BCUT2D eigenvalue weighted by atomic mass is 19.1. The van der Waals surface area contributed by atoms with Gasteiger partial charge in [0.15, 0.2) is 0 Å². The molecule has 31 heavy (non-hydrogen) atoms. The van der Waals surface area contributed by atoms with Crippen molar-refractivity contribution in [2.75, 3.05) is 18.0 Å². The zero-order valence-corrected chi connectivity index (χ0v) is 17.2. The lowest BCUT2D eigenvalue weighted by atomic mass is 9.98. The summed E-state index contributed by atoms with van der Waals surface area (Å²) in [4.78, 5) is 10.2. The molecule has 1 aliphatic heterocycles. The van der Waals surface area contributed by atoms with Crippen LogP contribution >= 0.6 is 0 Å². The molecular formula is C25H22FN5. The SMILES string of the molecule is Cc1cccc2[nH]c(-c3cncc(-c4cc(F)cc(C#N)c4)c3N3CC[C@H](N)C3)cc12. The molecule has 1 atom stereocenters. The van der Waals surface area contributed by atoms with Gasteiger partial charge in [-0.15, -0.1) is 0 Å². The summed E-state index contributed by atoms with van der Waals surface area (Å²) >= 11 is 0. The van der Waals surface area contributed by atoms with E-state index in [2.05, 4.69) is 40.0 Å². The largest absolute Gasteiger partial charge is 0.369 e. The van der Waals surface area contributed by atoms with Crippen molar-refractivity contribution in [1.29, 1.82) is 5.26 Å². The van der Waals surface area contributed by atoms with E-state index in [1.165, 1.54) is 17.7 Å². The Hall–Kier alpha value is -3.69. The highest BCUT2D eigenvalue weighted by molar-refractivity contribution is 5.95. The average Bonchev–Trinajstić information content (AvgIpc) is 3.40. The summed E-state index contributed by atoms with van der Waals surface area (Å²) in [6, 6.07) is 14.8. The van der Waals surface area contributed by atoms with Crippen LogP contribution in [0.1, 0.15) is 17.5 Å². The maximum absolute atomic E-state index is 14.3. The Labute approximate surface area is 179 Å². The van der Waals surface area contributed by atoms with Gasteiger partial charge < -0.3 is 15.6 Å². The number of nitriles is 1. The Morgan fingerprint density at radius 1 is 1.19 bits per heavy atom. The minimum Gasteiger partial charge on any atom is -0.369 e. The van der Waals surface area contributed by atoms with E-state index in [0.717, 1.165) is 46.4 Å². The number of benzene rings is 2. The second-order valence-electron chi connectivity index (χ2n) is 8.14. The first-order valence-electron chi connectivity index (χ1n) is 10.3. The minimum atomic E-state index is -0.440. The molecule has 1 saturated heterocycles. The van der Waals surface area contributed by atoms with Gasteiger partial charge in [-0.05, 0) is 54.8 Å². The molecule has 0 unspecified atom stereocenters. The third kappa shape index (κ3) is 3.43. The Kier molecular flexibility index (Phi) is 4.68. The van der Waals surface area contributed by atoms with Crippen molar-refractivity contribution in [2.24, 2.45) is 5.73 Å². The topological polar surface area (TPSA) is 81.7 Å². The monoisotopic (exact) mass is 411 g/mol. The molecule has 0 bridgehead atoms. The van der Waals surface area contributed by atoms with Gasteiger partial charge in [-0.2, -0.15) is 5.26 Å². The van der Waals surface area contributed by atoms with E-state index in [1.54, 1.807) is 12.3 Å². The number of H-pyrrole nitrogens is 1. The molecule has 2 aromatic heterocycles. The van der Waals surface area contributed by atoms with E-state index in [0.29, 0.717) is 12.1 Å². The molecule has 5 rings (SSSR count). The summed E-state index contributed by atoms with van der Waals surface area (Å²) in [5.74, 6) is -0.440. The molecule has 5 nitrogen and oxygen atoms in total. The van der Waals surface area contributed by atoms with Gasteiger partial charge in [0.05, 0.1) is 23.0 Å². The summed E-state index contributed by atoms with van der Waals surface area (Å²) < 4.78 is 14.3. The molecule has 154 valence electrons. The van der Waals surface area contributed by atoms with E-state index in [1.807, 2.05) is 18.3 Å². The number of anilines is 1. The maximum atomic E-state index is 14.3. The standard InChI is InChI=1S/C25H22FN5/c1-15-3-2-4-23-20(15)10-24(30-23)22-13-29-12-21(25(22)31-6-5-19(28)14-31)17-7-16(11-27)8-18(26)9-17/h2-4,7-10,12-13,19,30H,5-6,14,28H2,1H3/t19-/m0/s1. The third-order valence-electron chi connectivity index (χ3n) is 5.97. The number of rotatable bonds is 3. The number of fused-ring (bicyclic) bond motifs is 1. The number of hydrogen-bond donors (Lipinski definition) is 2. The van der Waals surface area contributed by atoms with Crippen LogP contribution in [0.4, 0.5) is 10.1 Å². The lowest BCUT2D eigenvalue weighted by Crippen LogP contribution is -2.27. The van der Waals surface area contributed by atoms with E-state index >= 15 is 0 Å². The smallest absolute Gasteiger partial charge is 0.125 e. The number of nitrogens with two attached hydrogens (primary N) is 1. The molecular weight excluding hydrogens is 389 g/mol. The van der Waals surface area contributed by atoms with Crippen molar-refractivity contribution >= 4 is 16.6 Å². The fourth-order valence-corrected chi connectivity index (χ4v) is 4.45. The van der Waals surface area contributed by atoms with Crippen LogP contribution in [0.15, 0.2) is 54.9 Å². The first-order chi connectivity index (χ1) is 15.0. The number of aryl methyl sites for hydroxylation is 1. The molecule has 0 aliphatic carbocycles. The van der Waals surface area contributed by atoms with Crippen LogP contribution in [-0.4, -0.2) is 29.1 Å². The van der Waals surface area contributed by atoms with Crippen molar-refractivity contribution in [3.8, 4) is 28.5 Å². The fourth-order valence-electron chi connectivity index (χ4n) is 4.45. The summed E-state index contributed by atoms with van der Waals surface area (Å²) in [5.41, 5.74) is 13.0. The van der Waals surface area contributed by atoms with Crippen molar-refractivity contribution < 1.29 is 4.39 Å². The maximum Gasteiger partial charge on any atom is 0.125 e. The Morgan fingerprint density at radius 3 is 2.77 bits per heavy atom. The zero-order valence-electron chi connectivity index (χ0n) is 17.2. The van der Waals surface area contributed by atoms with E-state index < -0.39 is 5.82 Å². The van der Waals surface area contributed by atoms with Crippen LogP contribution < -0.4 is 10.6 Å². The van der Waals surface area contributed by atoms with Crippen molar-refractivity contribution in [3.63, 3.8) is 0 Å². The van der Waals surface area contributed by atoms with Crippen LogP contribution in [0.5, 0.6) is 0 Å². The molecule has 1 aliphatic rings. The minimum absolute atomic E-state index is 0.0843. The highest BCUT2D eigenvalue weighted by Gasteiger charge is 2.26. The summed E-state index contributed by atoms with van der Waals surface area (Å²) in [6.45, 7) is 3.61. The summed E-state index contributed by atoms with van der Waals surface area (Å²) in [7, 11) is 0. The Morgan fingerprint density at radius 2 is 2.03 bits per heavy atom. The lowest BCUT2D eigenvalue weighted by molar-refractivity contribution is 0.628. The number of halogens is 1. The van der Waals surface area contributed by atoms with Gasteiger partial charge in [-0.3, -0.25) is 4.98 Å². The number of aromatic nitrogens is 2. The zero-order chi connectivity index (χ0) is 21.5. The van der Waals surface area contributed by atoms with Gasteiger partial charge >= 0.3 is 0 Å². The molecule has 0 amide bonds. The molecule has 0 saturated carbocycles. The average molecular weight is 411 g/mol. The van der Waals surface area contributed by atoms with Crippen LogP contribution in [-0.2, 0) is 0 Å². The summed E-state index contributed by atoms with van der Waals surface area (Å²) in [5, 5.41) is 10.5. The number of pyridine rings is 1. The van der Waals surface area contributed by atoms with Crippen molar-refractivity contribution in [1.82, 2.24) is 9.97 Å². The highest BCUT2D eigenvalue weighted by Crippen LogP contribution is 2.41. The molecule has 4 aromatic rings. The van der Waals surface area contributed by atoms with Gasteiger partial charge in [0.1, 0.15) is 5.82 Å². The number of aromatic amines is 1. The van der Waals surface area contributed by atoms with E-state index in [-0.39, 0.29) is 11.6 Å². The number of nitrogens with one attached hydrogen (secondary N) is 1. The number of nitrogens with zero attached hydrogens (tertiary/aromatic N) is 3. The molecule has 2 aromatic carbocycles. The van der Waals surface area contributed by atoms with E-state index in [4.69, 9.17) is 5.73 Å². The van der Waals surface area contributed by atoms with Crippen LogP contribution in [0.3, 0.4) is 0 Å². The number of hydrogen-bond acceptors (Lipinski definition) is 4. The van der Waals surface area contributed by atoms with Gasteiger partial charge in [0, 0.05) is 53.6 Å². The first-order valence-corrected chi connectivity index (χ1v) is 10.3. The van der Waals surface area contributed by atoms with Crippen LogP contribution in [0.2, 0.25) is 0 Å². The van der Waals surface area contributed by atoms with Gasteiger partial charge in [-0.1, -0.05) is 12.1 Å². The summed E-state index contributed by atoms with van der Waals surface area (Å²) in [6.07, 6.45) is 4.47. The fraction of sp³-hybridized carbons (Fsp3) is 0.200. The van der Waals surface area contributed by atoms with E-state index in [9.17, 15) is 9.65 Å². The van der Waals surface area contributed by atoms with Crippen molar-refractivity contribution in [3.05, 3.63) is 71.8 Å². The Balaban J connectivity index is 1.75. The Bertz CT molecular complexity index is 1330. The molecule has 6 heteroatoms.